The molecule has 1 aromatic carbocycles. The van der Waals surface area contributed by atoms with E-state index < -0.39 is 10.9 Å². The maximum absolute atomic E-state index is 11.8. The van der Waals surface area contributed by atoms with Crippen LogP contribution in [0.4, 0.5) is 17.1 Å². The second-order valence-corrected chi connectivity index (χ2v) is 4.86. The van der Waals surface area contributed by atoms with E-state index in [1.807, 2.05) is 17.0 Å². The van der Waals surface area contributed by atoms with Gasteiger partial charge in [0, 0.05) is 24.5 Å². The molecule has 112 valence electrons. The molecule has 1 aliphatic rings. The molecule has 0 saturated heterocycles. The van der Waals surface area contributed by atoms with Gasteiger partial charge in [-0.25, -0.2) is 4.79 Å². The molecule has 1 aliphatic heterocycles. The molecule has 0 N–H and O–H groups in total. The van der Waals surface area contributed by atoms with Crippen molar-refractivity contribution < 1.29 is 14.5 Å². The fourth-order valence-corrected chi connectivity index (χ4v) is 2.63. The summed E-state index contributed by atoms with van der Waals surface area (Å²) in [5, 5.41) is 11.2. The normalized spacial score (nSPS) is 12.9. The number of nitro benzene ring substituents is 1. The highest BCUT2D eigenvalue weighted by Crippen LogP contribution is 2.38. The monoisotopic (exact) mass is 299 g/mol. The number of hydrogen-bond donors (Lipinski definition) is 0. The topological polar surface area (TPSA) is 85.6 Å². The van der Waals surface area contributed by atoms with Crippen LogP contribution in [-0.2, 0) is 11.2 Å². The van der Waals surface area contributed by atoms with Crippen molar-refractivity contribution in [2.75, 3.05) is 18.6 Å². The van der Waals surface area contributed by atoms with Crippen LogP contribution in [-0.4, -0.2) is 29.5 Å². The molecule has 7 nitrogen and oxygen atoms in total. The summed E-state index contributed by atoms with van der Waals surface area (Å²) in [7, 11) is 1.21. The van der Waals surface area contributed by atoms with Crippen LogP contribution in [0.3, 0.4) is 0 Å². The smallest absolute Gasteiger partial charge is 0.344 e. The molecule has 2 heterocycles. The molecule has 0 unspecified atom stereocenters. The highest BCUT2D eigenvalue weighted by molar-refractivity contribution is 5.96. The molecule has 7 heteroatoms. The summed E-state index contributed by atoms with van der Waals surface area (Å²) in [6.45, 7) is 0.683. The van der Waals surface area contributed by atoms with Crippen molar-refractivity contribution in [3.63, 3.8) is 0 Å². The number of nitro groups is 1. The third-order valence-electron chi connectivity index (χ3n) is 3.65. The minimum atomic E-state index is -0.715. The largest absolute Gasteiger partial charge is 0.465 e. The molecule has 0 saturated carbocycles. The number of ether oxygens (including phenoxy) is 1. The van der Waals surface area contributed by atoms with Gasteiger partial charge in [-0.15, -0.1) is 0 Å². The molecule has 3 rings (SSSR count). The molecular weight excluding hydrogens is 286 g/mol. The Bertz CT molecular complexity index is 746. The van der Waals surface area contributed by atoms with E-state index in [0.29, 0.717) is 13.0 Å². The summed E-state index contributed by atoms with van der Waals surface area (Å²) >= 11 is 0. The number of hydrogen-bond acceptors (Lipinski definition) is 6. The number of nitrogens with zero attached hydrogens (tertiary/aromatic N) is 3. The fourth-order valence-electron chi connectivity index (χ4n) is 2.63. The number of fused-ring (bicyclic) bond motifs is 1. The van der Waals surface area contributed by atoms with E-state index >= 15 is 0 Å². The lowest BCUT2D eigenvalue weighted by molar-refractivity contribution is -0.385. The SMILES string of the molecule is COC(=O)c1cc2c(cc1[N+](=O)[O-])CCN2c1cccnc1. The van der Waals surface area contributed by atoms with E-state index in [0.717, 1.165) is 16.9 Å². The molecule has 0 amide bonds. The minimum Gasteiger partial charge on any atom is -0.465 e. The van der Waals surface area contributed by atoms with Crippen LogP contribution < -0.4 is 4.90 Å². The van der Waals surface area contributed by atoms with Crippen molar-refractivity contribution in [3.05, 3.63) is 57.9 Å². The summed E-state index contributed by atoms with van der Waals surface area (Å²) in [5.74, 6) is -0.715. The number of carbonyl (C=O) groups is 1. The van der Waals surface area contributed by atoms with Gasteiger partial charge >= 0.3 is 5.97 Å². The van der Waals surface area contributed by atoms with Crippen molar-refractivity contribution >= 4 is 23.0 Å². The van der Waals surface area contributed by atoms with Crippen LogP contribution in [0.2, 0.25) is 0 Å². The molecule has 0 spiro atoms. The van der Waals surface area contributed by atoms with Gasteiger partial charge in [-0.2, -0.15) is 0 Å². The van der Waals surface area contributed by atoms with Crippen molar-refractivity contribution in [1.82, 2.24) is 4.98 Å². The van der Waals surface area contributed by atoms with E-state index in [-0.39, 0.29) is 11.3 Å². The summed E-state index contributed by atoms with van der Waals surface area (Å²) < 4.78 is 4.65. The maximum atomic E-state index is 11.8. The zero-order valence-corrected chi connectivity index (χ0v) is 11.9. The summed E-state index contributed by atoms with van der Waals surface area (Å²) in [4.78, 5) is 28.5. The van der Waals surface area contributed by atoms with Gasteiger partial charge in [-0.05, 0) is 30.2 Å². The molecular formula is C15H13N3O4. The number of pyridine rings is 1. The Morgan fingerprint density at radius 2 is 2.27 bits per heavy atom. The van der Waals surface area contributed by atoms with Crippen LogP contribution in [0.15, 0.2) is 36.7 Å². The first-order valence-corrected chi connectivity index (χ1v) is 6.69. The van der Waals surface area contributed by atoms with Gasteiger partial charge in [0.05, 0.1) is 23.9 Å². The van der Waals surface area contributed by atoms with Crippen LogP contribution in [0, 0.1) is 10.1 Å². The summed E-state index contributed by atoms with van der Waals surface area (Å²) in [5.41, 5.74) is 2.23. The second-order valence-electron chi connectivity index (χ2n) is 4.86. The van der Waals surface area contributed by atoms with Gasteiger partial charge in [-0.1, -0.05) is 0 Å². The fraction of sp³-hybridized carbons (Fsp3) is 0.200. The van der Waals surface area contributed by atoms with E-state index in [9.17, 15) is 14.9 Å². The first-order chi connectivity index (χ1) is 10.6. The summed E-state index contributed by atoms with van der Waals surface area (Å²) in [6, 6.07) is 6.71. The molecule has 0 bridgehead atoms. The highest BCUT2D eigenvalue weighted by atomic mass is 16.6. The summed E-state index contributed by atoms with van der Waals surface area (Å²) in [6.07, 6.45) is 4.07. The lowest BCUT2D eigenvalue weighted by atomic mass is 10.1. The van der Waals surface area contributed by atoms with Crippen molar-refractivity contribution in [3.8, 4) is 0 Å². The van der Waals surface area contributed by atoms with Gasteiger partial charge in [0.25, 0.3) is 5.69 Å². The second kappa shape index (κ2) is 5.44. The van der Waals surface area contributed by atoms with Gasteiger partial charge in [0.1, 0.15) is 5.56 Å². The predicted octanol–water partition coefficient (Wildman–Crippen LogP) is 2.47. The highest BCUT2D eigenvalue weighted by Gasteiger charge is 2.29. The Labute approximate surface area is 126 Å². The Morgan fingerprint density at radius 3 is 2.91 bits per heavy atom. The average Bonchev–Trinajstić information content (AvgIpc) is 2.96. The minimum absolute atomic E-state index is 0.0398. The Kier molecular flexibility index (Phi) is 3.46. The number of methoxy groups -OCH3 is 1. The number of benzene rings is 1. The van der Waals surface area contributed by atoms with E-state index in [1.54, 1.807) is 12.4 Å². The van der Waals surface area contributed by atoms with Crippen LogP contribution >= 0.6 is 0 Å². The number of aromatic nitrogens is 1. The molecule has 0 atom stereocenters. The van der Waals surface area contributed by atoms with Gasteiger partial charge in [0.2, 0.25) is 0 Å². The lowest BCUT2D eigenvalue weighted by Gasteiger charge is -2.19. The molecule has 0 aliphatic carbocycles. The van der Waals surface area contributed by atoms with Crippen molar-refractivity contribution in [1.29, 1.82) is 0 Å². The van der Waals surface area contributed by atoms with Crippen LogP contribution in [0.25, 0.3) is 0 Å². The molecule has 1 aromatic heterocycles. The van der Waals surface area contributed by atoms with Crippen LogP contribution in [0.1, 0.15) is 15.9 Å². The lowest BCUT2D eigenvalue weighted by Crippen LogP contribution is -2.14. The number of esters is 1. The van der Waals surface area contributed by atoms with Crippen molar-refractivity contribution in [2.24, 2.45) is 0 Å². The number of rotatable bonds is 3. The standard InChI is InChI=1S/C15H13N3O4/c1-22-15(19)12-8-13-10(7-14(12)18(20)21)4-6-17(13)11-3-2-5-16-9-11/h2-3,5,7-9H,4,6H2,1H3. The molecule has 0 fully saturated rings. The van der Waals surface area contributed by atoms with Crippen molar-refractivity contribution in [2.45, 2.75) is 6.42 Å². The van der Waals surface area contributed by atoms with Gasteiger partial charge in [0.15, 0.2) is 0 Å². The quantitative estimate of drug-likeness (QED) is 0.491. The van der Waals surface area contributed by atoms with Gasteiger partial charge in [-0.3, -0.25) is 15.1 Å². The first kappa shape index (κ1) is 14.0. The van der Waals surface area contributed by atoms with Gasteiger partial charge < -0.3 is 9.64 Å². The third kappa shape index (κ3) is 2.26. The maximum Gasteiger partial charge on any atom is 0.344 e. The third-order valence-corrected chi connectivity index (χ3v) is 3.65. The predicted molar refractivity (Wildman–Crippen MR) is 79.4 cm³/mol. The van der Waals surface area contributed by atoms with E-state index in [1.165, 1.54) is 19.2 Å². The van der Waals surface area contributed by atoms with E-state index in [4.69, 9.17) is 0 Å². The van der Waals surface area contributed by atoms with Crippen LogP contribution in [0.5, 0.6) is 0 Å². The Morgan fingerprint density at radius 1 is 1.45 bits per heavy atom. The zero-order chi connectivity index (χ0) is 15.7. The first-order valence-electron chi connectivity index (χ1n) is 6.69. The Balaban J connectivity index is 2.12. The average molecular weight is 299 g/mol. The molecule has 2 aromatic rings. The number of carbonyl (C=O) groups excluding carboxylic acids is 1. The Hall–Kier alpha value is -2.96. The molecule has 0 radical (unpaired) electrons. The van der Waals surface area contributed by atoms with E-state index in [2.05, 4.69) is 9.72 Å². The number of anilines is 2. The zero-order valence-electron chi connectivity index (χ0n) is 11.9. The molecule has 22 heavy (non-hydrogen) atoms.